The van der Waals surface area contributed by atoms with Crippen LogP contribution in [-0.2, 0) is 6.54 Å². The number of rotatable bonds is 3. The van der Waals surface area contributed by atoms with Gasteiger partial charge in [0.05, 0.1) is 11.6 Å². The highest BCUT2D eigenvalue weighted by atomic mass is 35.5. The zero-order valence-corrected chi connectivity index (χ0v) is 12.2. The molecule has 0 radical (unpaired) electrons. The van der Waals surface area contributed by atoms with Gasteiger partial charge in [-0.15, -0.1) is 11.3 Å². The van der Waals surface area contributed by atoms with Crippen LogP contribution in [0.4, 0.5) is 18.9 Å². The van der Waals surface area contributed by atoms with Crippen molar-refractivity contribution in [1.82, 2.24) is 0 Å². The molecule has 0 atom stereocenters. The molecular formula is C15H9ClF3NS. The second-order valence-electron chi connectivity index (χ2n) is 4.44. The third kappa shape index (κ3) is 2.71. The molecule has 0 aliphatic rings. The smallest absolute Gasteiger partial charge is 0.194 e. The van der Waals surface area contributed by atoms with E-state index in [1.807, 2.05) is 24.3 Å². The van der Waals surface area contributed by atoms with Gasteiger partial charge >= 0.3 is 0 Å². The normalized spacial score (nSPS) is 11.0. The van der Waals surface area contributed by atoms with E-state index in [0.29, 0.717) is 11.6 Å². The van der Waals surface area contributed by atoms with Crippen molar-refractivity contribution in [1.29, 1.82) is 0 Å². The van der Waals surface area contributed by atoms with Crippen LogP contribution < -0.4 is 5.32 Å². The molecule has 3 rings (SSSR count). The quantitative estimate of drug-likeness (QED) is 0.619. The van der Waals surface area contributed by atoms with Gasteiger partial charge in [0.25, 0.3) is 0 Å². The zero-order valence-electron chi connectivity index (χ0n) is 10.6. The van der Waals surface area contributed by atoms with E-state index in [1.165, 1.54) is 11.3 Å². The predicted molar refractivity (Wildman–Crippen MR) is 80.5 cm³/mol. The molecule has 0 amide bonds. The van der Waals surface area contributed by atoms with E-state index in [4.69, 9.17) is 11.6 Å². The average molecular weight is 328 g/mol. The maximum absolute atomic E-state index is 13.1. The van der Waals surface area contributed by atoms with Crippen LogP contribution in [-0.4, -0.2) is 0 Å². The Morgan fingerprint density at radius 1 is 1.05 bits per heavy atom. The molecule has 3 aromatic rings. The van der Waals surface area contributed by atoms with Crippen LogP contribution in [0, 0.1) is 17.5 Å². The zero-order chi connectivity index (χ0) is 15.0. The third-order valence-corrected chi connectivity index (χ3v) is 4.75. The Kier molecular flexibility index (Phi) is 3.78. The molecule has 0 aliphatic carbocycles. The first-order chi connectivity index (χ1) is 10.1. The molecule has 1 heterocycles. The lowest BCUT2D eigenvalue weighted by Crippen LogP contribution is -2.01. The predicted octanol–water partition coefficient (Wildman–Crippen LogP) is 5.58. The monoisotopic (exact) mass is 327 g/mol. The summed E-state index contributed by atoms with van der Waals surface area (Å²) in [4.78, 5) is 0.850. The highest BCUT2D eigenvalue weighted by molar-refractivity contribution is 7.19. The number of thiophene rings is 1. The Labute approximate surface area is 128 Å². The van der Waals surface area contributed by atoms with Crippen LogP contribution in [0.25, 0.3) is 10.1 Å². The van der Waals surface area contributed by atoms with Crippen molar-refractivity contribution in [3.05, 3.63) is 63.7 Å². The number of halogens is 4. The maximum atomic E-state index is 13.1. The van der Waals surface area contributed by atoms with Crippen molar-refractivity contribution in [2.24, 2.45) is 0 Å². The molecule has 6 heteroatoms. The Morgan fingerprint density at radius 3 is 2.38 bits per heavy atom. The standard InChI is InChI=1S/C15H9ClF3NS/c16-14-9-3-1-2-4-12(9)21-13(14)7-20-8-5-10(17)15(19)11(18)6-8/h1-6,20H,7H2. The maximum Gasteiger partial charge on any atom is 0.194 e. The van der Waals surface area contributed by atoms with E-state index in [0.717, 1.165) is 27.1 Å². The van der Waals surface area contributed by atoms with Gasteiger partial charge < -0.3 is 5.32 Å². The molecule has 21 heavy (non-hydrogen) atoms. The van der Waals surface area contributed by atoms with Crippen molar-refractivity contribution in [3.8, 4) is 0 Å². The second kappa shape index (κ2) is 5.58. The number of hydrogen-bond donors (Lipinski definition) is 1. The van der Waals surface area contributed by atoms with Gasteiger partial charge in [-0.25, -0.2) is 13.2 Å². The highest BCUT2D eigenvalue weighted by Crippen LogP contribution is 2.35. The van der Waals surface area contributed by atoms with Gasteiger partial charge in [0, 0.05) is 32.8 Å². The molecule has 108 valence electrons. The SMILES string of the molecule is Fc1cc(NCc2sc3ccccc3c2Cl)cc(F)c1F. The summed E-state index contributed by atoms with van der Waals surface area (Å²) in [5, 5.41) is 4.41. The lowest BCUT2D eigenvalue weighted by molar-refractivity contribution is 0.447. The van der Waals surface area contributed by atoms with Crippen LogP contribution in [0.5, 0.6) is 0 Å². The molecule has 0 saturated carbocycles. The van der Waals surface area contributed by atoms with Gasteiger partial charge in [-0.05, 0) is 6.07 Å². The largest absolute Gasteiger partial charge is 0.380 e. The summed E-state index contributed by atoms with van der Waals surface area (Å²) >= 11 is 7.77. The first kappa shape index (κ1) is 14.2. The van der Waals surface area contributed by atoms with Gasteiger partial charge in [0.2, 0.25) is 0 Å². The van der Waals surface area contributed by atoms with Gasteiger partial charge in [0.1, 0.15) is 0 Å². The lowest BCUT2D eigenvalue weighted by atomic mass is 10.2. The Morgan fingerprint density at radius 2 is 1.71 bits per heavy atom. The first-order valence-electron chi connectivity index (χ1n) is 6.10. The summed E-state index contributed by atoms with van der Waals surface area (Å²) in [5.74, 6) is -3.92. The van der Waals surface area contributed by atoms with E-state index in [9.17, 15) is 13.2 Å². The van der Waals surface area contributed by atoms with Crippen molar-refractivity contribution in [3.63, 3.8) is 0 Å². The Balaban J connectivity index is 1.85. The van der Waals surface area contributed by atoms with Crippen LogP contribution in [0.2, 0.25) is 5.02 Å². The molecule has 1 aromatic heterocycles. The van der Waals surface area contributed by atoms with Gasteiger partial charge in [-0.3, -0.25) is 0 Å². The Bertz CT molecular complexity index is 793. The average Bonchev–Trinajstić information content (AvgIpc) is 2.79. The molecule has 0 bridgehead atoms. The lowest BCUT2D eigenvalue weighted by Gasteiger charge is -2.06. The number of nitrogens with one attached hydrogen (secondary N) is 1. The molecule has 2 aromatic carbocycles. The summed E-state index contributed by atoms with van der Waals surface area (Å²) in [5.41, 5.74) is 0.167. The van der Waals surface area contributed by atoms with Crippen molar-refractivity contribution in [2.45, 2.75) is 6.54 Å². The molecule has 0 spiro atoms. The number of anilines is 1. The van der Waals surface area contributed by atoms with E-state index >= 15 is 0 Å². The van der Waals surface area contributed by atoms with Crippen LogP contribution >= 0.6 is 22.9 Å². The molecule has 0 fully saturated rings. The van der Waals surface area contributed by atoms with E-state index in [1.54, 1.807) is 0 Å². The molecule has 0 saturated heterocycles. The minimum atomic E-state index is -1.47. The summed E-state index contributed by atoms with van der Waals surface area (Å²) < 4.78 is 40.2. The fourth-order valence-corrected chi connectivity index (χ4v) is 3.46. The van der Waals surface area contributed by atoms with Gasteiger partial charge in [0.15, 0.2) is 17.5 Å². The minimum Gasteiger partial charge on any atom is -0.380 e. The van der Waals surface area contributed by atoms with Crippen molar-refractivity contribution >= 4 is 38.7 Å². The van der Waals surface area contributed by atoms with E-state index in [2.05, 4.69) is 5.32 Å². The van der Waals surface area contributed by atoms with Crippen molar-refractivity contribution < 1.29 is 13.2 Å². The second-order valence-corrected chi connectivity index (χ2v) is 5.96. The minimum absolute atomic E-state index is 0.167. The number of fused-ring (bicyclic) bond motifs is 1. The summed E-state index contributed by atoms with van der Waals surface area (Å²) in [6, 6.07) is 9.50. The highest BCUT2D eigenvalue weighted by Gasteiger charge is 2.12. The van der Waals surface area contributed by atoms with Crippen LogP contribution in [0.3, 0.4) is 0 Å². The first-order valence-corrected chi connectivity index (χ1v) is 7.30. The molecule has 1 N–H and O–H groups in total. The number of benzene rings is 2. The van der Waals surface area contributed by atoms with Gasteiger partial charge in [-0.2, -0.15) is 0 Å². The molecule has 0 unspecified atom stereocenters. The van der Waals surface area contributed by atoms with Gasteiger partial charge in [-0.1, -0.05) is 29.8 Å². The summed E-state index contributed by atoms with van der Waals surface area (Å²) in [6.07, 6.45) is 0. The topological polar surface area (TPSA) is 12.0 Å². The summed E-state index contributed by atoms with van der Waals surface area (Å²) in [6.45, 7) is 0.308. The van der Waals surface area contributed by atoms with Crippen molar-refractivity contribution in [2.75, 3.05) is 5.32 Å². The molecular weight excluding hydrogens is 319 g/mol. The summed E-state index contributed by atoms with van der Waals surface area (Å²) in [7, 11) is 0. The fraction of sp³-hybridized carbons (Fsp3) is 0.0667. The number of hydrogen-bond acceptors (Lipinski definition) is 2. The molecule has 1 nitrogen and oxygen atoms in total. The Hall–Kier alpha value is -1.72. The van der Waals surface area contributed by atoms with Crippen LogP contribution in [0.1, 0.15) is 4.88 Å². The van der Waals surface area contributed by atoms with E-state index < -0.39 is 17.5 Å². The third-order valence-electron chi connectivity index (χ3n) is 3.04. The van der Waals surface area contributed by atoms with Crippen LogP contribution in [0.15, 0.2) is 36.4 Å². The fourth-order valence-electron chi connectivity index (χ4n) is 2.02. The van der Waals surface area contributed by atoms with E-state index in [-0.39, 0.29) is 5.69 Å². The molecule has 0 aliphatic heterocycles.